The molecule has 1 aromatic heterocycles. The number of hydrogen-bond acceptors (Lipinski definition) is 3. The van der Waals surface area contributed by atoms with Gasteiger partial charge < -0.3 is 10.2 Å². The summed E-state index contributed by atoms with van der Waals surface area (Å²) in [6, 6.07) is 26.5. The van der Waals surface area contributed by atoms with Crippen LogP contribution in [-0.4, -0.2) is 11.9 Å². The first kappa shape index (κ1) is 19.2. The molecule has 4 aromatic rings. The Morgan fingerprint density at radius 2 is 1.70 bits per heavy atom. The molecule has 2 heterocycles. The van der Waals surface area contributed by atoms with Gasteiger partial charge in [-0.3, -0.25) is 4.79 Å². The van der Waals surface area contributed by atoms with Crippen molar-refractivity contribution in [1.82, 2.24) is 0 Å². The Balaban J connectivity index is 1.54. The van der Waals surface area contributed by atoms with Crippen molar-refractivity contribution in [2.45, 2.75) is 25.4 Å². The standard InChI is InChI=1S/C25H21ClN2OS/c1-16-15-20(27-17-9-3-2-4-10-17)18-11-5-7-13-21(18)28(16)25(29)24-23(26)19-12-6-8-14-22(19)30-24/h2-14,16,20,27H,15H2,1H3/t16-,20-/m1/s1. The lowest BCUT2D eigenvalue weighted by atomic mass is 9.91. The highest BCUT2D eigenvalue weighted by molar-refractivity contribution is 7.21. The number of fused-ring (bicyclic) bond motifs is 2. The van der Waals surface area contributed by atoms with Crippen LogP contribution in [0.3, 0.4) is 0 Å². The zero-order valence-electron chi connectivity index (χ0n) is 16.5. The van der Waals surface area contributed by atoms with E-state index in [1.54, 1.807) is 0 Å². The number of anilines is 2. The number of carbonyl (C=O) groups is 1. The molecule has 1 aliphatic heterocycles. The Bertz CT molecular complexity index is 1220. The van der Waals surface area contributed by atoms with Crippen molar-refractivity contribution in [3.05, 3.63) is 94.3 Å². The van der Waals surface area contributed by atoms with Gasteiger partial charge in [-0.1, -0.05) is 66.2 Å². The predicted molar refractivity (Wildman–Crippen MR) is 127 cm³/mol. The number of amides is 1. The van der Waals surface area contributed by atoms with Crippen LogP contribution in [0.25, 0.3) is 10.1 Å². The fraction of sp³-hybridized carbons (Fsp3) is 0.160. The average molecular weight is 433 g/mol. The highest BCUT2D eigenvalue weighted by Gasteiger charge is 2.35. The van der Waals surface area contributed by atoms with E-state index in [2.05, 4.69) is 30.4 Å². The molecule has 5 heteroatoms. The van der Waals surface area contributed by atoms with E-state index in [0.29, 0.717) is 9.90 Å². The van der Waals surface area contributed by atoms with Crippen LogP contribution < -0.4 is 10.2 Å². The fourth-order valence-corrected chi connectivity index (χ4v) is 5.70. The second-order valence-corrected chi connectivity index (χ2v) is 9.05. The Labute approximate surface area is 184 Å². The Kier molecular flexibility index (Phi) is 4.97. The maximum absolute atomic E-state index is 13.7. The number of nitrogens with one attached hydrogen (secondary N) is 1. The van der Waals surface area contributed by atoms with Gasteiger partial charge in [-0.25, -0.2) is 0 Å². The van der Waals surface area contributed by atoms with Crippen LogP contribution in [0.2, 0.25) is 5.02 Å². The lowest BCUT2D eigenvalue weighted by Crippen LogP contribution is -2.44. The van der Waals surface area contributed by atoms with Crippen LogP contribution >= 0.6 is 22.9 Å². The smallest absolute Gasteiger partial charge is 0.270 e. The van der Waals surface area contributed by atoms with Crippen molar-refractivity contribution in [2.24, 2.45) is 0 Å². The summed E-state index contributed by atoms with van der Waals surface area (Å²) in [4.78, 5) is 16.2. The quantitative estimate of drug-likeness (QED) is 0.373. The van der Waals surface area contributed by atoms with E-state index in [0.717, 1.165) is 33.4 Å². The van der Waals surface area contributed by atoms with Crippen LogP contribution in [0.5, 0.6) is 0 Å². The third-order valence-corrected chi connectivity index (χ3v) is 7.32. The number of benzene rings is 3. The SMILES string of the molecule is C[C@@H]1C[C@@H](Nc2ccccc2)c2ccccc2N1C(=O)c1sc2ccccc2c1Cl. The van der Waals surface area contributed by atoms with E-state index in [9.17, 15) is 4.79 Å². The van der Waals surface area contributed by atoms with E-state index in [-0.39, 0.29) is 18.0 Å². The second kappa shape index (κ2) is 7.78. The molecule has 3 nitrogen and oxygen atoms in total. The van der Waals surface area contributed by atoms with Gasteiger partial charge >= 0.3 is 0 Å². The summed E-state index contributed by atoms with van der Waals surface area (Å²) in [7, 11) is 0. The minimum absolute atomic E-state index is 0.0284. The lowest BCUT2D eigenvalue weighted by molar-refractivity contribution is 0.0978. The first-order chi connectivity index (χ1) is 14.6. The summed E-state index contributed by atoms with van der Waals surface area (Å²) in [5.74, 6) is -0.0284. The van der Waals surface area contributed by atoms with Crippen LogP contribution in [-0.2, 0) is 0 Å². The molecule has 2 atom stereocenters. The molecule has 0 saturated carbocycles. The monoisotopic (exact) mass is 432 g/mol. The first-order valence-corrected chi connectivity index (χ1v) is 11.2. The highest BCUT2D eigenvalue weighted by atomic mass is 35.5. The van der Waals surface area contributed by atoms with Gasteiger partial charge in [0.25, 0.3) is 5.91 Å². The Morgan fingerprint density at radius 1 is 1.00 bits per heavy atom. The van der Waals surface area contributed by atoms with Gasteiger partial charge in [0, 0.05) is 27.5 Å². The van der Waals surface area contributed by atoms with Gasteiger partial charge in [-0.15, -0.1) is 11.3 Å². The highest BCUT2D eigenvalue weighted by Crippen LogP contribution is 2.42. The summed E-state index contributed by atoms with van der Waals surface area (Å²) in [5, 5.41) is 5.13. The van der Waals surface area contributed by atoms with Gasteiger partial charge in [0.15, 0.2) is 0 Å². The number of hydrogen-bond donors (Lipinski definition) is 1. The minimum atomic E-state index is -0.0284. The molecule has 0 saturated heterocycles. The van der Waals surface area contributed by atoms with Crippen molar-refractivity contribution < 1.29 is 4.79 Å². The molecule has 3 aromatic carbocycles. The van der Waals surface area contributed by atoms with E-state index in [1.807, 2.05) is 65.6 Å². The maximum atomic E-state index is 13.7. The molecule has 1 N–H and O–H groups in total. The normalized spacial score (nSPS) is 18.3. The van der Waals surface area contributed by atoms with Crippen molar-refractivity contribution in [3.63, 3.8) is 0 Å². The Hall–Kier alpha value is -2.82. The molecule has 0 bridgehead atoms. The van der Waals surface area contributed by atoms with Gasteiger partial charge in [0.05, 0.1) is 11.1 Å². The second-order valence-electron chi connectivity index (χ2n) is 7.62. The third kappa shape index (κ3) is 3.26. The fourth-order valence-electron chi connectivity index (χ4n) is 4.26. The number of carbonyl (C=O) groups excluding carboxylic acids is 1. The number of para-hydroxylation sites is 2. The number of thiophene rings is 1. The molecule has 1 amide bonds. The van der Waals surface area contributed by atoms with E-state index in [4.69, 9.17) is 11.6 Å². The molecule has 0 fully saturated rings. The molecule has 0 radical (unpaired) electrons. The summed E-state index contributed by atoms with van der Waals surface area (Å²) < 4.78 is 1.03. The molecule has 0 aliphatic carbocycles. The topological polar surface area (TPSA) is 32.3 Å². The molecule has 150 valence electrons. The Morgan fingerprint density at radius 3 is 2.50 bits per heavy atom. The van der Waals surface area contributed by atoms with Crippen molar-refractivity contribution in [3.8, 4) is 0 Å². The van der Waals surface area contributed by atoms with Gasteiger partial charge in [-0.2, -0.15) is 0 Å². The zero-order chi connectivity index (χ0) is 20.7. The van der Waals surface area contributed by atoms with Crippen molar-refractivity contribution >= 4 is 50.3 Å². The molecule has 30 heavy (non-hydrogen) atoms. The summed E-state index contributed by atoms with van der Waals surface area (Å²) in [6.07, 6.45) is 0.820. The van der Waals surface area contributed by atoms with Crippen LogP contribution in [0.1, 0.15) is 34.6 Å². The molecular weight excluding hydrogens is 412 g/mol. The maximum Gasteiger partial charge on any atom is 0.270 e. The lowest BCUT2D eigenvalue weighted by Gasteiger charge is -2.39. The molecule has 0 spiro atoms. The largest absolute Gasteiger partial charge is 0.378 e. The average Bonchev–Trinajstić information content (AvgIpc) is 3.11. The van der Waals surface area contributed by atoms with Crippen LogP contribution in [0, 0.1) is 0 Å². The third-order valence-electron chi connectivity index (χ3n) is 5.65. The zero-order valence-corrected chi connectivity index (χ0v) is 18.1. The summed E-state index contributed by atoms with van der Waals surface area (Å²) >= 11 is 8.10. The molecule has 0 unspecified atom stereocenters. The minimum Gasteiger partial charge on any atom is -0.378 e. The first-order valence-electron chi connectivity index (χ1n) is 10.0. The van der Waals surface area contributed by atoms with Crippen LogP contribution in [0.15, 0.2) is 78.9 Å². The molecule has 5 rings (SSSR count). The molecule has 1 aliphatic rings. The van der Waals surface area contributed by atoms with Crippen molar-refractivity contribution in [2.75, 3.05) is 10.2 Å². The number of nitrogens with zero attached hydrogens (tertiary/aromatic N) is 1. The van der Waals surface area contributed by atoms with Gasteiger partial charge in [-0.05, 0) is 43.2 Å². The van der Waals surface area contributed by atoms with Gasteiger partial charge in [0.1, 0.15) is 4.88 Å². The summed E-state index contributed by atoms with van der Waals surface area (Å²) in [5.41, 5.74) is 3.16. The molecular formula is C25H21ClN2OS. The predicted octanol–water partition coefficient (Wildman–Crippen LogP) is 7.15. The van der Waals surface area contributed by atoms with E-state index >= 15 is 0 Å². The number of halogens is 1. The van der Waals surface area contributed by atoms with E-state index < -0.39 is 0 Å². The van der Waals surface area contributed by atoms with E-state index in [1.165, 1.54) is 11.3 Å². The summed E-state index contributed by atoms with van der Waals surface area (Å²) in [6.45, 7) is 2.11. The van der Waals surface area contributed by atoms with Crippen LogP contribution in [0.4, 0.5) is 11.4 Å². The van der Waals surface area contributed by atoms with Crippen molar-refractivity contribution in [1.29, 1.82) is 0 Å². The number of rotatable bonds is 3. The van der Waals surface area contributed by atoms with Gasteiger partial charge in [0.2, 0.25) is 0 Å².